The third-order valence-corrected chi connectivity index (χ3v) is 3.03. The maximum absolute atomic E-state index is 13.1. The van der Waals surface area contributed by atoms with Gasteiger partial charge in [0.05, 0.1) is 0 Å². The van der Waals surface area contributed by atoms with Crippen molar-refractivity contribution in [2.45, 2.75) is 6.92 Å². The van der Waals surface area contributed by atoms with Gasteiger partial charge in [-0.2, -0.15) is 0 Å². The zero-order chi connectivity index (χ0) is 13.4. The first-order chi connectivity index (χ1) is 9.13. The Labute approximate surface area is 109 Å². The largest absolute Gasteiger partial charge is 0.456 e. The highest BCUT2D eigenvalue weighted by Gasteiger charge is 2.08. The van der Waals surface area contributed by atoms with Gasteiger partial charge in [-0.05, 0) is 37.3 Å². The number of rotatable bonds is 2. The molecule has 1 heterocycles. The van der Waals surface area contributed by atoms with Gasteiger partial charge in [-0.15, -0.1) is 0 Å². The Morgan fingerprint density at radius 3 is 2.74 bits per heavy atom. The zero-order valence-corrected chi connectivity index (χ0v) is 10.3. The van der Waals surface area contributed by atoms with Crippen LogP contribution in [0.5, 0.6) is 0 Å². The summed E-state index contributed by atoms with van der Waals surface area (Å²) in [6.45, 7) is 1.52. The Kier molecular flexibility index (Phi) is 2.67. The second kappa shape index (κ2) is 4.35. The van der Waals surface area contributed by atoms with Gasteiger partial charge in [-0.25, -0.2) is 4.39 Å². The quantitative estimate of drug-likeness (QED) is 0.633. The highest BCUT2D eigenvalue weighted by molar-refractivity contribution is 5.95. The van der Waals surface area contributed by atoms with Gasteiger partial charge in [0.15, 0.2) is 5.78 Å². The standard InChI is InChI=1S/C16H11FO2/c1-10(18)11-3-2-4-12(7-11)16-9-13-8-14(17)5-6-15(13)19-16/h2-9H,1H3. The van der Waals surface area contributed by atoms with Crippen LogP contribution in [0, 0.1) is 5.82 Å². The van der Waals surface area contributed by atoms with Crippen LogP contribution in [0.3, 0.4) is 0 Å². The Morgan fingerprint density at radius 1 is 1.11 bits per heavy atom. The van der Waals surface area contributed by atoms with E-state index in [1.807, 2.05) is 6.07 Å². The van der Waals surface area contributed by atoms with Gasteiger partial charge < -0.3 is 4.42 Å². The number of carbonyl (C=O) groups is 1. The van der Waals surface area contributed by atoms with Crippen molar-refractivity contribution < 1.29 is 13.6 Å². The lowest BCUT2D eigenvalue weighted by molar-refractivity contribution is 0.101. The van der Waals surface area contributed by atoms with Crippen molar-refractivity contribution in [2.75, 3.05) is 0 Å². The first kappa shape index (κ1) is 11.7. The Hall–Kier alpha value is -2.42. The Balaban J connectivity index is 2.13. The molecule has 0 atom stereocenters. The van der Waals surface area contributed by atoms with E-state index in [2.05, 4.69) is 0 Å². The van der Waals surface area contributed by atoms with Crippen molar-refractivity contribution in [2.24, 2.45) is 0 Å². The third-order valence-electron chi connectivity index (χ3n) is 3.03. The van der Waals surface area contributed by atoms with Crippen LogP contribution >= 0.6 is 0 Å². The molecule has 3 aromatic rings. The molecule has 0 bridgehead atoms. The molecule has 1 aromatic heterocycles. The monoisotopic (exact) mass is 254 g/mol. The smallest absolute Gasteiger partial charge is 0.159 e. The SMILES string of the molecule is CC(=O)c1cccc(-c2cc3cc(F)ccc3o2)c1. The molecule has 94 valence electrons. The second-order valence-electron chi connectivity index (χ2n) is 4.43. The molecule has 0 N–H and O–H groups in total. The summed E-state index contributed by atoms with van der Waals surface area (Å²) in [4.78, 5) is 11.4. The molecule has 0 radical (unpaired) electrons. The highest BCUT2D eigenvalue weighted by atomic mass is 19.1. The van der Waals surface area contributed by atoms with Gasteiger partial charge in [-0.1, -0.05) is 18.2 Å². The summed E-state index contributed by atoms with van der Waals surface area (Å²) in [7, 11) is 0. The lowest BCUT2D eigenvalue weighted by Crippen LogP contribution is -1.91. The molecule has 0 saturated carbocycles. The fourth-order valence-electron chi connectivity index (χ4n) is 2.05. The summed E-state index contributed by atoms with van der Waals surface area (Å²) in [5, 5.41) is 0.711. The van der Waals surface area contributed by atoms with E-state index < -0.39 is 0 Å². The van der Waals surface area contributed by atoms with E-state index in [0.29, 0.717) is 22.3 Å². The molecule has 3 rings (SSSR count). The average molecular weight is 254 g/mol. The maximum Gasteiger partial charge on any atom is 0.159 e. The third kappa shape index (κ3) is 2.15. The number of halogens is 1. The number of hydrogen-bond donors (Lipinski definition) is 0. The number of Topliss-reactive ketones (excluding diaryl/α,β-unsaturated/α-hetero) is 1. The fraction of sp³-hybridized carbons (Fsp3) is 0.0625. The van der Waals surface area contributed by atoms with Crippen molar-refractivity contribution in [3.8, 4) is 11.3 Å². The van der Waals surface area contributed by atoms with Crippen molar-refractivity contribution in [3.05, 3.63) is 59.9 Å². The molecule has 0 aliphatic rings. The van der Waals surface area contributed by atoms with E-state index >= 15 is 0 Å². The normalized spacial score (nSPS) is 10.8. The van der Waals surface area contributed by atoms with Gasteiger partial charge in [0.25, 0.3) is 0 Å². The van der Waals surface area contributed by atoms with E-state index in [1.165, 1.54) is 19.1 Å². The van der Waals surface area contributed by atoms with Crippen molar-refractivity contribution >= 4 is 16.8 Å². The van der Waals surface area contributed by atoms with Gasteiger partial charge in [-0.3, -0.25) is 4.79 Å². The Bertz CT molecular complexity index is 771. The van der Waals surface area contributed by atoms with Crippen LogP contribution in [0.2, 0.25) is 0 Å². The minimum absolute atomic E-state index is 0.00371. The summed E-state index contributed by atoms with van der Waals surface area (Å²) in [5.74, 6) is 0.338. The van der Waals surface area contributed by atoms with E-state index in [0.717, 1.165) is 5.56 Å². The second-order valence-corrected chi connectivity index (χ2v) is 4.43. The molecule has 2 nitrogen and oxygen atoms in total. The molecule has 0 amide bonds. The molecule has 2 aromatic carbocycles. The predicted molar refractivity (Wildman–Crippen MR) is 71.6 cm³/mol. The topological polar surface area (TPSA) is 30.2 Å². The van der Waals surface area contributed by atoms with E-state index in [9.17, 15) is 9.18 Å². The number of ketones is 1. The van der Waals surface area contributed by atoms with Crippen LogP contribution in [-0.2, 0) is 0 Å². The molecule has 0 spiro atoms. The number of fused-ring (bicyclic) bond motifs is 1. The fourth-order valence-corrected chi connectivity index (χ4v) is 2.05. The van der Waals surface area contributed by atoms with Crippen LogP contribution in [0.15, 0.2) is 52.9 Å². The number of carbonyl (C=O) groups excluding carboxylic acids is 1. The molecule has 0 unspecified atom stereocenters. The molecule has 0 saturated heterocycles. The van der Waals surface area contributed by atoms with E-state index in [4.69, 9.17) is 4.42 Å². The van der Waals surface area contributed by atoms with Crippen molar-refractivity contribution in [1.82, 2.24) is 0 Å². The van der Waals surface area contributed by atoms with E-state index in [1.54, 1.807) is 30.3 Å². The summed E-state index contributed by atoms with van der Waals surface area (Å²) in [6, 6.07) is 13.4. The molecule has 0 aliphatic heterocycles. The summed E-state index contributed by atoms with van der Waals surface area (Å²) >= 11 is 0. The van der Waals surface area contributed by atoms with Crippen LogP contribution in [0.4, 0.5) is 4.39 Å². The first-order valence-electron chi connectivity index (χ1n) is 5.94. The maximum atomic E-state index is 13.1. The number of furan rings is 1. The predicted octanol–water partition coefficient (Wildman–Crippen LogP) is 4.44. The van der Waals surface area contributed by atoms with Gasteiger partial charge >= 0.3 is 0 Å². The van der Waals surface area contributed by atoms with Crippen LogP contribution < -0.4 is 0 Å². The van der Waals surface area contributed by atoms with Gasteiger partial charge in [0.2, 0.25) is 0 Å². The summed E-state index contributed by atoms with van der Waals surface area (Å²) < 4.78 is 18.8. The minimum Gasteiger partial charge on any atom is -0.456 e. The van der Waals surface area contributed by atoms with Crippen molar-refractivity contribution in [1.29, 1.82) is 0 Å². The van der Waals surface area contributed by atoms with Crippen LogP contribution in [-0.4, -0.2) is 5.78 Å². The highest BCUT2D eigenvalue weighted by Crippen LogP contribution is 2.28. The van der Waals surface area contributed by atoms with E-state index in [-0.39, 0.29) is 11.6 Å². The molecule has 19 heavy (non-hydrogen) atoms. The molecular formula is C16H11FO2. The average Bonchev–Trinajstić information content (AvgIpc) is 2.81. The lowest BCUT2D eigenvalue weighted by Gasteiger charge is -1.99. The van der Waals surface area contributed by atoms with Crippen LogP contribution in [0.25, 0.3) is 22.3 Å². The number of benzene rings is 2. The number of hydrogen-bond acceptors (Lipinski definition) is 2. The minimum atomic E-state index is -0.294. The molecule has 0 aliphatic carbocycles. The first-order valence-corrected chi connectivity index (χ1v) is 5.94. The molecule has 3 heteroatoms. The lowest BCUT2D eigenvalue weighted by atomic mass is 10.1. The van der Waals surface area contributed by atoms with Gasteiger partial charge in [0, 0.05) is 16.5 Å². The Morgan fingerprint density at radius 2 is 1.95 bits per heavy atom. The zero-order valence-electron chi connectivity index (χ0n) is 10.3. The molecule has 0 fully saturated rings. The van der Waals surface area contributed by atoms with Crippen molar-refractivity contribution in [3.63, 3.8) is 0 Å². The van der Waals surface area contributed by atoms with Crippen LogP contribution in [0.1, 0.15) is 17.3 Å². The summed E-state index contributed by atoms with van der Waals surface area (Å²) in [6.07, 6.45) is 0. The molecular weight excluding hydrogens is 243 g/mol. The van der Waals surface area contributed by atoms with Gasteiger partial charge in [0.1, 0.15) is 17.2 Å². The summed E-state index contributed by atoms with van der Waals surface area (Å²) in [5.41, 5.74) is 2.07.